The van der Waals surface area contributed by atoms with Gasteiger partial charge in [-0.05, 0) is 125 Å². The second kappa shape index (κ2) is 19.1. The second-order valence-corrected chi connectivity index (χ2v) is 18.2. The van der Waals surface area contributed by atoms with Crippen molar-refractivity contribution >= 4 is 34.9 Å². The molecule has 330 valence electrons. The fraction of sp³-hybridized carbons (Fsp3) is 0.449. The second-order valence-electron chi connectivity index (χ2n) is 18.2. The van der Waals surface area contributed by atoms with E-state index in [-0.39, 0.29) is 18.6 Å². The molecule has 3 aromatic carbocycles. The van der Waals surface area contributed by atoms with Crippen LogP contribution in [0.5, 0.6) is 5.75 Å². The van der Waals surface area contributed by atoms with E-state index in [1.807, 2.05) is 72.8 Å². The van der Waals surface area contributed by atoms with Gasteiger partial charge < -0.3 is 34.5 Å². The van der Waals surface area contributed by atoms with E-state index in [0.29, 0.717) is 11.8 Å². The zero-order chi connectivity index (χ0) is 44.9. The Morgan fingerprint density at radius 3 is 2.06 bits per heavy atom. The first-order chi connectivity index (χ1) is 29.4. The average molecular weight is 850 g/mol. The average Bonchev–Trinajstić information content (AvgIpc) is 3.55. The maximum absolute atomic E-state index is 12.8. The molecule has 3 N–H and O–H groups in total. The number of ether oxygens (including phenoxy) is 4. The van der Waals surface area contributed by atoms with Gasteiger partial charge in [-0.25, -0.2) is 9.59 Å². The summed E-state index contributed by atoms with van der Waals surface area (Å²) in [7, 11) is 1.66. The van der Waals surface area contributed by atoms with E-state index < -0.39 is 59.7 Å². The molecule has 1 aromatic heterocycles. The smallest absolute Gasteiger partial charge is 0.407 e. The summed E-state index contributed by atoms with van der Waals surface area (Å²) >= 11 is 0. The van der Waals surface area contributed by atoms with Crippen molar-refractivity contribution in [2.24, 2.45) is 17.8 Å². The number of carboxylic acids is 1. The summed E-state index contributed by atoms with van der Waals surface area (Å²) < 4.78 is 21.4. The Bertz CT molecular complexity index is 2210. The summed E-state index contributed by atoms with van der Waals surface area (Å²) in [4.78, 5) is 57.2. The van der Waals surface area contributed by atoms with E-state index in [4.69, 9.17) is 18.9 Å². The molecule has 3 saturated heterocycles. The molecule has 0 radical (unpaired) electrons. The highest BCUT2D eigenvalue weighted by Crippen LogP contribution is 2.45. The van der Waals surface area contributed by atoms with Crippen molar-refractivity contribution in [2.75, 3.05) is 26.8 Å². The Morgan fingerprint density at radius 1 is 0.919 bits per heavy atom. The van der Waals surface area contributed by atoms with Gasteiger partial charge in [-0.1, -0.05) is 54.6 Å². The molecule has 0 spiro atoms. The zero-order valence-electron chi connectivity index (χ0n) is 36.6. The van der Waals surface area contributed by atoms with Crippen LogP contribution in [0.15, 0.2) is 91.6 Å². The first-order valence-corrected chi connectivity index (χ1v) is 21.1. The van der Waals surface area contributed by atoms with Crippen LogP contribution in [0, 0.1) is 17.8 Å². The van der Waals surface area contributed by atoms with Crippen molar-refractivity contribution in [3.63, 3.8) is 0 Å². The summed E-state index contributed by atoms with van der Waals surface area (Å²) in [5, 5.41) is 24.2. The third-order valence-electron chi connectivity index (χ3n) is 11.6. The maximum atomic E-state index is 12.8. The van der Waals surface area contributed by atoms with Gasteiger partial charge >= 0.3 is 24.0 Å². The first-order valence-electron chi connectivity index (χ1n) is 21.1. The number of carboxylic acid groups (broad SMARTS) is 1. The molecular formula is C49H59N3O10. The molecular weight excluding hydrogens is 791 g/mol. The van der Waals surface area contributed by atoms with E-state index in [0.717, 1.165) is 64.0 Å². The summed E-state index contributed by atoms with van der Waals surface area (Å²) in [5.41, 5.74) is 4.12. The summed E-state index contributed by atoms with van der Waals surface area (Å²) in [6, 6.07) is 22.0. The van der Waals surface area contributed by atoms with E-state index in [2.05, 4.69) is 27.9 Å². The summed E-state index contributed by atoms with van der Waals surface area (Å²) in [5.74, 6) is -3.08. The minimum Gasteiger partial charge on any atom is -0.497 e. The number of amides is 1. The monoisotopic (exact) mass is 849 g/mol. The number of hydrogen-bond acceptors (Lipinski definition) is 11. The zero-order valence-corrected chi connectivity index (χ0v) is 36.6. The van der Waals surface area contributed by atoms with Gasteiger partial charge in [-0.3, -0.25) is 19.5 Å². The number of esters is 2. The minimum atomic E-state index is -1.60. The number of aliphatic carboxylic acids is 1. The topological polar surface area (TPSA) is 174 Å². The molecule has 13 nitrogen and oxygen atoms in total. The number of fused-ring (bicyclic) bond motifs is 7. The van der Waals surface area contributed by atoms with E-state index in [1.165, 1.54) is 6.42 Å². The lowest BCUT2D eigenvalue weighted by Crippen LogP contribution is -2.54. The molecule has 1 amide bonds. The number of nitrogens with zero attached hydrogens (tertiary/aromatic N) is 2. The minimum absolute atomic E-state index is 0.0201. The Kier molecular flexibility index (Phi) is 14.1. The van der Waals surface area contributed by atoms with Crippen molar-refractivity contribution in [2.45, 2.75) is 96.1 Å². The van der Waals surface area contributed by atoms with Crippen molar-refractivity contribution in [1.29, 1.82) is 0 Å². The number of alkyl carbamates (subject to hydrolysis) is 1. The van der Waals surface area contributed by atoms with E-state index in [1.54, 1.807) is 54.8 Å². The first kappa shape index (κ1) is 45.7. The number of carbonyl (C=O) groups is 4. The lowest BCUT2D eigenvalue weighted by Gasteiger charge is -2.50. The van der Waals surface area contributed by atoms with Gasteiger partial charge in [0.1, 0.15) is 29.6 Å². The van der Waals surface area contributed by atoms with Gasteiger partial charge in [-0.2, -0.15) is 0 Å². The van der Waals surface area contributed by atoms with E-state index >= 15 is 0 Å². The van der Waals surface area contributed by atoms with Crippen LogP contribution in [0.3, 0.4) is 0 Å². The summed E-state index contributed by atoms with van der Waals surface area (Å²) in [6.45, 7) is 15.8. The van der Waals surface area contributed by atoms with Gasteiger partial charge in [0.05, 0.1) is 18.7 Å². The molecule has 4 aromatic rings. The molecule has 4 heterocycles. The maximum Gasteiger partial charge on any atom is 0.407 e. The van der Waals surface area contributed by atoms with Crippen molar-refractivity contribution in [3.8, 4) is 16.9 Å². The molecule has 8 rings (SSSR count). The number of aliphatic hydroxyl groups is 1. The number of rotatable bonds is 12. The Balaban J connectivity index is 0.000000228. The highest BCUT2D eigenvalue weighted by atomic mass is 16.6. The van der Waals surface area contributed by atoms with Crippen LogP contribution >= 0.6 is 0 Å². The van der Waals surface area contributed by atoms with Gasteiger partial charge in [0.2, 0.25) is 0 Å². The molecule has 1 aliphatic carbocycles. The molecule has 0 saturated carbocycles. The third-order valence-corrected chi connectivity index (χ3v) is 11.6. The number of pyridine rings is 1. The van der Waals surface area contributed by atoms with Gasteiger partial charge in [-0.15, -0.1) is 6.58 Å². The number of methoxy groups -OCH3 is 1. The third kappa shape index (κ3) is 10.8. The van der Waals surface area contributed by atoms with Crippen LogP contribution in [0.4, 0.5) is 4.79 Å². The highest BCUT2D eigenvalue weighted by molar-refractivity contribution is 5.96. The van der Waals surface area contributed by atoms with Crippen LogP contribution < -0.4 is 10.1 Å². The highest BCUT2D eigenvalue weighted by Gasteiger charge is 2.43. The number of aromatic nitrogens is 1. The Hall–Kier alpha value is -5.79. The molecule has 13 heteroatoms. The standard InChI is InChI=1S/C29H35NO8.C20H24N2O2/c1-28(2,3)37-25(33)21(26(34)38-29(4,5)6)15-23(24(31)32)30-27(35)36-16-22-19-13-9-7-11-17(19)18-12-8-10-14-20(18)22;1-3-13-12-22-9-7-14(13)10-19(22)20(23)16-6-8-21-18-5-4-15(24-2)11-17(16)18/h7-14,21-23H,15-16H2,1-6H3,(H,30,35)(H,31,32);3-6,8,11,13-14,19-20,23H,1,7,9-10,12H2,2H3/t23-;13-,14?,19-,20+/m10/s1. The number of hydrogen-bond donors (Lipinski definition) is 3. The predicted octanol–water partition coefficient (Wildman–Crippen LogP) is 7.84. The predicted molar refractivity (Wildman–Crippen MR) is 234 cm³/mol. The quantitative estimate of drug-likeness (QED) is 0.0546. The normalized spacial score (nSPS) is 20.1. The lowest BCUT2D eigenvalue weighted by atomic mass is 9.73. The van der Waals surface area contributed by atoms with Crippen molar-refractivity contribution in [3.05, 3.63) is 108 Å². The van der Waals surface area contributed by atoms with Gasteiger partial charge in [0, 0.05) is 36.5 Å². The van der Waals surface area contributed by atoms with Crippen LogP contribution in [-0.2, 0) is 28.6 Å². The molecule has 2 unspecified atom stereocenters. The number of aliphatic hydroxyl groups excluding tert-OH is 1. The molecule has 3 aliphatic heterocycles. The van der Waals surface area contributed by atoms with E-state index in [9.17, 15) is 29.4 Å². The van der Waals surface area contributed by atoms with Crippen LogP contribution in [0.2, 0.25) is 0 Å². The fourth-order valence-corrected chi connectivity index (χ4v) is 8.72. The number of carbonyl (C=O) groups excluding carboxylic acids is 3. The lowest BCUT2D eigenvalue weighted by molar-refractivity contribution is -0.175. The van der Waals surface area contributed by atoms with Gasteiger partial charge in [0.25, 0.3) is 0 Å². The molecule has 2 bridgehead atoms. The molecule has 6 atom stereocenters. The van der Waals surface area contributed by atoms with Crippen molar-refractivity contribution < 1.29 is 48.3 Å². The Morgan fingerprint density at radius 2 is 1.53 bits per heavy atom. The molecule has 4 aliphatic rings. The number of nitrogens with one attached hydrogen (secondary N) is 1. The summed E-state index contributed by atoms with van der Waals surface area (Å²) in [6.07, 6.45) is 4.07. The van der Waals surface area contributed by atoms with Crippen molar-refractivity contribution in [1.82, 2.24) is 15.2 Å². The van der Waals surface area contributed by atoms with Gasteiger partial charge in [0.15, 0.2) is 5.92 Å². The molecule has 62 heavy (non-hydrogen) atoms. The fourth-order valence-electron chi connectivity index (χ4n) is 8.72. The molecule has 3 fully saturated rings. The van der Waals surface area contributed by atoms with Crippen LogP contribution in [0.1, 0.15) is 89.5 Å². The Labute approximate surface area is 363 Å². The van der Waals surface area contributed by atoms with Crippen LogP contribution in [-0.4, -0.2) is 94.2 Å². The largest absolute Gasteiger partial charge is 0.497 e. The van der Waals surface area contributed by atoms with Crippen LogP contribution in [0.25, 0.3) is 22.0 Å². The number of benzene rings is 3. The SMILES string of the molecule is C=C[C@H]1CN2CCC1C[C@H]2[C@H](O)c1ccnc2ccc(OC)cc12.CC(C)(C)OC(=O)C(C[C@@H](NC(=O)OCC1c2ccccc2-c2ccccc21)C(=O)O)C(=O)OC(C)(C)C. The number of piperidine rings is 3.